The minimum absolute atomic E-state index is 0.0321. The van der Waals surface area contributed by atoms with Crippen LogP contribution in [0.5, 0.6) is 0 Å². The van der Waals surface area contributed by atoms with Gasteiger partial charge in [0.25, 0.3) is 0 Å². The minimum Gasteiger partial charge on any atom is -0.355 e. The van der Waals surface area contributed by atoms with Crippen molar-refractivity contribution < 1.29 is 9.59 Å². The van der Waals surface area contributed by atoms with E-state index in [0.29, 0.717) is 18.5 Å². The van der Waals surface area contributed by atoms with Crippen LogP contribution in [0.1, 0.15) is 23.6 Å². The fraction of sp³-hybridized carbons (Fsp3) is 0.250. The van der Waals surface area contributed by atoms with Gasteiger partial charge in [0.2, 0.25) is 11.8 Å². The third-order valence-electron chi connectivity index (χ3n) is 3.60. The van der Waals surface area contributed by atoms with Gasteiger partial charge >= 0.3 is 0 Å². The molecule has 134 valence electrons. The molecule has 2 N–H and O–H groups in total. The number of benzene rings is 2. The van der Waals surface area contributed by atoms with Crippen molar-refractivity contribution in [2.75, 3.05) is 17.6 Å². The molecule has 5 nitrogen and oxygen atoms in total. The van der Waals surface area contributed by atoms with Crippen LogP contribution in [0.3, 0.4) is 0 Å². The molecule has 0 unspecified atom stereocenters. The number of thioether (sulfide) groups is 1. The van der Waals surface area contributed by atoms with Crippen molar-refractivity contribution in [1.82, 2.24) is 5.32 Å². The van der Waals surface area contributed by atoms with Crippen LogP contribution in [0.4, 0.5) is 5.69 Å². The number of nitrogens with one attached hydrogen (secondary N) is 2. The minimum atomic E-state index is -0.120. The summed E-state index contributed by atoms with van der Waals surface area (Å²) in [6.45, 7) is 2.04. The van der Waals surface area contributed by atoms with Crippen molar-refractivity contribution in [2.24, 2.45) is 0 Å². The summed E-state index contributed by atoms with van der Waals surface area (Å²) in [4.78, 5) is 23.0. The van der Waals surface area contributed by atoms with Gasteiger partial charge < -0.3 is 10.6 Å². The van der Waals surface area contributed by atoms with E-state index in [0.717, 1.165) is 28.3 Å². The summed E-state index contributed by atoms with van der Waals surface area (Å²) in [5, 5.41) is 14.6. The largest absolute Gasteiger partial charge is 0.355 e. The third-order valence-corrected chi connectivity index (χ3v) is 4.61. The van der Waals surface area contributed by atoms with Gasteiger partial charge in [0.1, 0.15) is 0 Å². The Balaban J connectivity index is 1.67. The zero-order chi connectivity index (χ0) is 18.8. The molecular weight excluding hydrogens is 346 g/mol. The highest BCUT2D eigenvalue weighted by molar-refractivity contribution is 7.98. The Bertz CT molecular complexity index is 797. The van der Waals surface area contributed by atoms with E-state index in [-0.39, 0.29) is 11.8 Å². The van der Waals surface area contributed by atoms with Gasteiger partial charge in [-0.3, -0.25) is 9.59 Å². The van der Waals surface area contributed by atoms with Crippen molar-refractivity contribution in [3.8, 4) is 6.07 Å². The second kappa shape index (κ2) is 10.3. The number of nitrogens with zero attached hydrogens (tertiary/aromatic N) is 1. The average Bonchev–Trinajstić information content (AvgIpc) is 2.63. The molecule has 0 aliphatic rings. The fourth-order valence-corrected chi connectivity index (χ4v) is 3.22. The number of nitriles is 1. The second-order valence-corrected chi connectivity index (χ2v) is 6.83. The number of hydrogen-bond acceptors (Lipinski definition) is 4. The van der Waals surface area contributed by atoms with Crippen LogP contribution >= 0.6 is 11.8 Å². The summed E-state index contributed by atoms with van der Waals surface area (Å²) in [5.41, 5.74) is 3.33. The normalized spacial score (nSPS) is 10.0. The van der Waals surface area contributed by atoms with Crippen molar-refractivity contribution in [3.05, 3.63) is 65.2 Å². The first kappa shape index (κ1) is 19.5. The molecule has 2 aromatic rings. The van der Waals surface area contributed by atoms with Gasteiger partial charge in [-0.2, -0.15) is 17.0 Å². The summed E-state index contributed by atoms with van der Waals surface area (Å²) >= 11 is 1.69. The number of anilines is 1. The van der Waals surface area contributed by atoms with Gasteiger partial charge in [0.05, 0.1) is 18.1 Å². The lowest BCUT2D eigenvalue weighted by molar-refractivity contribution is -0.120. The Morgan fingerprint density at radius 3 is 2.54 bits per heavy atom. The Kier molecular flexibility index (Phi) is 7.72. The second-order valence-electron chi connectivity index (χ2n) is 5.73. The van der Waals surface area contributed by atoms with E-state index >= 15 is 0 Å². The summed E-state index contributed by atoms with van der Waals surface area (Å²) in [7, 11) is 0. The van der Waals surface area contributed by atoms with Gasteiger partial charge in [-0.15, -0.1) is 0 Å². The standard InChI is InChI=1S/C20H21N3O2S/c1-15(24)23-19-8-6-16(7-9-19)12-20(25)22-10-11-26-14-18-5-3-2-4-17(18)13-21/h2-9H,10-12,14H2,1H3,(H,22,25)(H,23,24). The summed E-state index contributed by atoms with van der Waals surface area (Å²) in [6.07, 6.45) is 0.308. The molecule has 2 aromatic carbocycles. The molecule has 0 spiro atoms. The number of rotatable bonds is 8. The summed E-state index contributed by atoms with van der Waals surface area (Å²) < 4.78 is 0. The predicted octanol–water partition coefficient (Wildman–Crippen LogP) is 3.11. The van der Waals surface area contributed by atoms with E-state index in [4.69, 9.17) is 5.26 Å². The molecular formula is C20H21N3O2S. The van der Waals surface area contributed by atoms with Crippen LogP contribution in [-0.4, -0.2) is 24.1 Å². The first-order valence-corrected chi connectivity index (χ1v) is 9.43. The van der Waals surface area contributed by atoms with Crippen LogP contribution in [0.25, 0.3) is 0 Å². The van der Waals surface area contributed by atoms with Gasteiger partial charge in [0.15, 0.2) is 0 Å². The monoisotopic (exact) mass is 367 g/mol. The lowest BCUT2D eigenvalue weighted by atomic mass is 10.1. The molecule has 0 heterocycles. The van der Waals surface area contributed by atoms with Crippen molar-refractivity contribution in [1.29, 1.82) is 5.26 Å². The lowest BCUT2D eigenvalue weighted by Crippen LogP contribution is -2.27. The first-order valence-electron chi connectivity index (χ1n) is 8.27. The van der Waals surface area contributed by atoms with Crippen LogP contribution in [0.2, 0.25) is 0 Å². The highest BCUT2D eigenvalue weighted by atomic mass is 32.2. The summed E-state index contributed by atoms with van der Waals surface area (Å²) in [6, 6.07) is 17.0. The van der Waals surface area contributed by atoms with Gasteiger partial charge in [-0.25, -0.2) is 0 Å². The topological polar surface area (TPSA) is 82.0 Å². The highest BCUT2D eigenvalue weighted by Crippen LogP contribution is 2.15. The number of carbonyl (C=O) groups is 2. The zero-order valence-electron chi connectivity index (χ0n) is 14.6. The van der Waals surface area contributed by atoms with Gasteiger partial charge in [0, 0.05) is 30.7 Å². The molecule has 0 fully saturated rings. The van der Waals surface area contributed by atoms with Crippen LogP contribution < -0.4 is 10.6 Å². The molecule has 0 atom stereocenters. The maximum atomic E-state index is 12.0. The van der Waals surface area contributed by atoms with E-state index in [9.17, 15) is 9.59 Å². The predicted molar refractivity (Wildman–Crippen MR) is 105 cm³/mol. The maximum absolute atomic E-state index is 12.0. The molecule has 6 heteroatoms. The van der Waals surface area contributed by atoms with Crippen LogP contribution in [-0.2, 0) is 21.8 Å². The Hall–Kier alpha value is -2.78. The quantitative estimate of drug-likeness (QED) is 0.703. The molecule has 0 aromatic heterocycles. The van der Waals surface area contributed by atoms with Gasteiger partial charge in [-0.1, -0.05) is 30.3 Å². The average molecular weight is 367 g/mol. The lowest BCUT2D eigenvalue weighted by Gasteiger charge is -2.07. The molecule has 0 aliphatic carbocycles. The van der Waals surface area contributed by atoms with E-state index in [2.05, 4.69) is 16.7 Å². The molecule has 2 rings (SSSR count). The molecule has 0 saturated heterocycles. The highest BCUT2D eigenvalue weighted by Gasteiger charge is 2.04. The fourth-order valence-electron chi connectivity index (χ4n) is 2.36. The molecule has 0 radical (unpaired) electrons. The van der Waals surface area contributed by atoms with E-state index < -0.39 is 0 Å². The number of amides is 2. The van der Waals surface area contributed by atoms with Gasteiger partial charge in [-0.05, 0) is 29.3 Å². The SMILES string of the molecule is CC(=O)Nc1ccc(CC(=O)NCCSCc2ccccc2C#N)cc1. The van der Waals surface area contributed by atoms with Crippen molar-refractivity contribution >= 4 is 29.3 Å². The summed E-state index contributed by atoms with van der Waals surface area (Å²) in [5.74, 6) is 1.39. The molecule has 0 aliphatic heterocycles. The zero-order valence-corrected chi connectivity index (χ0v) is 15.4. The molecule has 2 amide bonds. The van der Waals surface area contributed by atoms with Crippen molar-refractivity contribution in [3.63, 3.8) is 0 Å². The maximum Gasteiger partial charge on any atom is 0.224 e. The van der Waals surface area contributed by atoms with Crippen LogP contribution in [0, 0.1) is 11.3 Å². The first-order chi connectivity index (χ1) is 12.6. The Morgan fingerprint density at radius 1 is 1.12 bits per heavy atom. The number of hydrogen-bond donors (Lipinski definition) is 2. The van der Waals surface area contributed by atoms with E-state index in [1.54, 1.807) is 23.9 Å². The molecule has 0 bridgehead atoms. The molecule has 26 heavy (non-hydrogen) atoms. The molecule has 0 saturated carbocycles. The third kappa shape index (κ3) is 6.61. The smallest absolute Gasteiger partial charge is 0.224 e. The van der Waals surface area contributed by atoms with Crippen LogP contribution in [0.15, 0.2) is 48.5 Å². The Morgan fingerprint density at radius 2 is 1.85 bits per heavy atom. The van der Waals surface area contributed by atoms with E-state index in [1.807, 2.05) is 36.4 Å². The van der Waals surface area contributed by atoms with E-state index in [1.165, 1.54) is 6.92 Å². The van der Waals surface area contributed by atoms with Crippen molar-refractivity contribution in [2.45, 2.75) is 19.1 Å². The number of carbonyl (C=O) groups excluding carboxylic acids is 2. The Labute approximate surface area is 157 Å².